The molecule has 2 aromatic rings. The molecule has 0 bridgehead atoms. The molecule has 2 aromatic carbocycles. The predicted octanol–water partition coefficient (Wildman–Crippen LogP) is 5.73. The number of unbranched alkanes of at least 4 members (excludes halogenated alkanes) is 2. The molecule has 2 N–H and O–H groups in total. The van der Waals surface area contributed by atoms with E-state index in [4.69, 9.17) is 5.21 Å². The Balaban J connectivity index is 0.000000321. The number of benzene rings is 2. The number of rotatable bonds is 9. The fraction of sp³-hybridized carbons (Fsp3) is 0.409. The SMILES string of the molecule is CCC[CH2][Sn][CH2]CCC.O/N=C(\c1ccccc1)C(O)c1ccccc1. The molecule has 0 spiro atoms. The van der Waals surface area contributed by atoms with Crippen molar-refractivity contribution in [2.24, 2.45) is 5.16 Å². The molecule has 1 atom stereocenters. The monoisotopic (exact) mass is 461 g/mol. The van der Waals surface area contributed by atoms with Crippen molar-refractivity contribution in [3.63, 3.8) is 0 Å². The van der Waals surface area contributed by atoms with Crippen molar-refractivity contribution in [2.45, 2.75) is 54.5 Å². The van der Waals surface area contributed by atoms with Gasteiger partial charge in [0, 0.05) is 5.56 Å². The third kappa shape index (κ3) is 8.86. The molecule has 0 saturated heterocycles. The molecule has 0 amide bonds. The van der Waals surface area contributed by atoms with Gasteiger partial charge >= 0.3 is 69.5 Å². The van der Waals surface area contributed by atoms with Crippen molar-refractivity contribution in [1.29, 1.82) is 0 Å². The van der Waals surface area contributed by atoms with E-state index in [1.54, 1.807) is 33.1 Å². The number of aliphatic hydroxyl groups is 1. The van der Waals surface area contributed by atoms with Crippen LogP contribution in [0.5, 0.6) is 0 Å². The van der Waals surface area contributed by atoms with Gasteiger partial charge in [0.15, 0.2) is 0 Å². The first-order valence-corrected chi connectivity index (χ1v) is 13.5. The molecule has 2 rings (SSSR count). The Morgan fingerprint density at radius 3 is 1.85 bits per heavy atom. The average Bonchev–Trinajstić information content (AvgIpc) is 2.70. The second-order valence-electron chi connectivity index (χ2n) is 6.12. The second kappa shape index (κ2) is 14.8. The van der Waals surface area contributed by atoms with Crippen LogP contribution >= 0.6 is 0 Å². The van der Waals surface area contributed by atoms with E-state index in [2.05, 4.69) is 19.0 Å². The first kappa shape index (κ1) is 22.7. The first-order chi connectivity index (χ1) is 12.7. The van der Waals surface area contributed by atoms with Crippen LogP contribution in [0.25, 0.3) is 0 Å². The number of nitrogens with zero attached hydrogens (tertiary/aromatic N) is 1. The Labute approximate surface area is 168 Å². The van der Waals surface area contributed by atoms with Crippen LogP contribution in [0.4, 0.5) is 0 Å². The Hall–Kier alpha value is -1.33. The quantitative estimate of drug-likeness (QED) is 0.165. The van der Waals surface area contributed by atoms with Crippen molar-refractivity contribution in [1.82, 2.24) is 0 Å². The van der Waals surface area contributed by atoms with E-state index in [0.717, 1.165) is 0 Å². The Morgan fingerprint density at radius 2 is 1.38 bits per heavy atom. The molecule has 26 heavy (non-hydrogen) atoms. The largest absolute Gasteiger partial charge is 0.411 e. The van der Waals surface area contributed by atoms with Gasteiger partial charge in [-0.25, -0.2) is 0 Å². The van der Waals surface area contributed by atoms with Crippen LogP contribution in [0.3, 0.4) is 0 Å². The minimum atomic E-state index is -0.927. The summed E-state index contributed by atoms with van der Waals surface area (Å²) in [5.74, 6) is 0. The van der Waals surface area contributed by atoms with Crippen LogP contribution in [0.2, 0.25) is 8.87 Å². The van der Waals surface area contributed by atoms with Crippen molar-refractivity contribution >= 4 is 26.9 Å². The van der Waals surface area contributed by atoms with Crippen LogP contribution in [0.1, 0.15) is 56.8 Å². The van der Waals surface area contributed by atoms with Crippen LogP contribution in [-0.4, -0.2) is 37.2 Å². The van der Waals surface area contributed by atoms with Gasteiger partial charge in [0.05, 0.1) is 0 Å². The van der Waals surface area contributed by atoms with Gasteiger partial charge in [-0.2, -0.15) is 0 Å². The van der Waals surface area contributed by atoms with E-state index >= 15 is 0 Å². The molecule has 0 fully saturated rings. The third-order valence-electron chi connectivity index (χ3n) is 3.97. The van der Waals surface area contributed by atoms with E-state index in [1.807, 2.05) is 36.4 Å². The number of hydrogen-bond acceptors (Lipinski definition) is 3. The molecule has 4 heteroatoms. The number of aliphatic hydroxyl groups excluding tert-OH is 1. The van der Waals surface area contributed by atoms with Gasteiger partial charge in [0.1, 0.15) is 11.8 Å². The summed E-state index contributed by atoms with van der Waals surface area (Å²) in [5.41, 5.74) is 1.65. The van der Waals surface area contributed by atoms with E-state index in [1.165, 1.54) is 25.7 Å². The van der Waals surface area contributed by atoms with Gasteiger partial charge in [-0.1, -0.05) is 65.8 Å². The van der Waals surface area contributed by atoms with Crippen molar-refractivity contribution in [2.75, 3.05) is 0 Å². The molecule has 0 aromatic heterocycles. The maximum atomic E-state index is 10.1. The summed E-state index contributed by atoms with van der Waals surface area (Å²) in [5, 5.41) is 22.4. The Bertz CT molecular complexity index is 596. The molecule has 2 radical (unpaired) electrons. The molecule has 0 heterocycles. The summed E-state index contributed by atoms with van der Waals surface area (Å²) < 4.78 is 3.25. The standard InChI is InChI=1S/C14H13NO2.2C4H9.Sn/c16-14(12-9-5-2-6-10-12)13(15-17)11-7-3-1-4-8-11;2*1-3-4-2;/h1-10,14,16-17H;2*1,3-4H2,2H3;/b15-13+;;;. The smallest absolute Gasteiger partial charge is 0.125 e. The topological polar surface area (TPSA) is 52.8 Å². The molecular weight excluding hydrogens is 429 g/mol. The van der Waals surface area contributed by atoms with Crippen LogP contribution in [0, 0.1) is 0 Å². The Morgan fingerprint density at radius 1 is 0.885 bits per heavy atom. The zero-order chi connectivity index (χ0) is 19.0. The van der Waals surface area contributed by atoms with E-state index < -0.39 is 6.10 Å². The molecule has 140 valence electrons. The maximum absolute atomic E-state index is 10.1. The zero-order valence-corrected chi connectivity index (χ0v) is 18.8. The fourth-order valence-electron chi connectivity index (χ4n) is 2.40. The molecule has 3 nitrogen and oxygen atoms in total. The number of hydrogen-bond donors (Lipinski definition) is 2. The van der Waals surface area contributed by atoms with Crippen molar-refractivity contribution in [3.8, 4) is 0 Å². The minimum absolute atomic E-state index is 0.149. The summed E-state index contributed by atoms with van der Waals surface area (Å²) in [6.45, 7) is 4.58. The minimum Gasteiger partial charge on any atom is -0.411 e. The normalized spacial score (nSPS) is 12.2. The average molecular weight is 460 g/mol. The van der Waals surface area contributed by atoms with Crippen LogP contribution in [0.15, 0.2) is 65.8 Å². The van der Waals surface area contributed by atoms with E-state index in [0.29, 0.717) is 11.1 Å². The van der Waals surface area contributed by atoms with Gasteiger partial charge in [-0.3, -0.25) is 0 Å². The number of oxime groups is 1. The molecule has 0 aliphatic heterocycles. The molecule has 1 unspecified atom stereocenters. The first-order valence-electron chi connectivity index (χ1n) is 9.45. The predicted molar refractivity (Wildman–Crippen MR) is 111 cm³/mol. The van der Waals surface area contributed by atoms with E-state index in [-0.39, 0.29) is 26.9 Å². The molecular formula is C22H31NO2Sn. The maximum Gasteiger partial charge on any atom is 0.125 e. The van der Waals surface area contributed by atoms with Gasteiger partial charge in [0.2, 0.25) is 0 Å². The molecule has 0 aliphatic rings. The molecule has 0 aliphatic carbocycles. The summed E-state index contributed by atoms with van der Waals surface area (Å²) in [6.07, 6.45) is 4.91. The summed E-state index contributed by atoms with van der Waals surface area (Å²) in [4.78, 5) is 0. The summed E-state index contributed by atoms with van der Waals surface area (Å²) in [6, 6.07) is 18.2. The fourth-order valence-corrected chi connectivity index (χ4v) is 6.56. The van der Waals surface area contributed by atoms with Gasteiger partial charge < -0.3 is 10.3 Å². The van der Waals surface area contributed by atoms with Gasteiger partial charge in [-0.15, -0.1) is 0 Å². The van der Waals surface area contributed by atoms with Crippen molar-refractivity contribution < 1.29 is 10.3 Å². The van der Waals surface area contributed by atoms with Gasteiger partial charge in [-0.05, 0) is 5.56 Å². The van der Waals surface area contributed by atoms with E-state index in [9.17, 15) is 5.11 Å². The molecule has 0 saturated carbocycles. The van der Waals surface area contributed by atoms with Crippen molar-refractivity contribution in [3.05, 3.63) is 71.8 Å². The van der Waals surface area contributed by atoms with Crippen LogP contribution < -0.4 is 0 Å². The summed E-state index contributed by atoms with van der Waals surface area (Å²) in [7, 11) is 0. The Kier molecular flexibility index (Phi) is 12.9. The third-order valence-corrected chi connectivity index (χ3v) is 8.00. The zero-order valence-electron chi connectivity index (χ0n) is 15.9. The van der Waals surface area contributed by atoms with Gasteiger partial charge in [0.25, 0.3) is 0 Å². The second-order valence-corrected chi connectivity index (χ2v) is 10.4. The van der Waals surface area contributed by atoms with Crippen LogP contribution in [-0.2, 0) is 0 Å². The summed E-state index contributed by atoms with van der Waals surface area (Å²) >= 11 is 0.149.